The minimum atomic E-state index is 0. The van der Waals surface area contributed by atoms with Crippen LogP contribution in [0.5, 0.6) is 5.75 Å². The van der Waals surface area contributed by atoms with Crippen molar-refractivity contribution >= 4 is 52.9 Å². The number of halogens is 2. The number of anilines is 2. The van der Waals surface area contributed by atoms with Crippen LogP contribution in [0.15, 0.2) is 53.5 Å². The molecule has 1 saturated heterocycles. The second-order valence-electron chi connectivity index (χ2n) is 6.79. The Kier molecular flexibility index (Phi) is 9.83. The van der Waals surface area contributed by atoms with E-state index in [4.69, 9.17) is 22.1 Å². The normalized spacial score (nSPS) is 15.0. The second-order valence-corrected chi connectivity index (χ2v) is 7.22. The van der Waals surface area contributed by atoms with Gasteiger partial charge in [-0.1, -0.05) is 23.7 Å². The van der Waals surface area contributed by atoms with Crippen LogP contribution in [0.3, 0.4) is 0 Å². The Hall–Kier alpha value is -1.71. The molecule has 0 aliphatic carbocycles. The van der Waals surface area contributed by atoms with Crippen molar-refractivity contribution in [1.82, 2.24) is 4.90 Å². The van der Waals surface area contributed by atoms with E-state index in [-0.39, 0.29) is 24.0 Å². The number of benzene rings is 2. The second kappa shape index (κ2) is 12.1. The van der Waals surface area contributed by atoms with Crippen LogP contribution in [0.4, 0.5) is 11.4 Å². The molecule has 0 spiro atoms. The lowest BCUT2D eigenvalue weighted by Gasteiger charge is -2.36. The number of methoxy groups -OCH3 is 1. The van der Waals surface area contributed by atoms with Crippen LogP contribution in [0.25, 0.3) is 0 Å². The van der Waals surface area contributed by atoms with Gasteiger partial charge in [-0.3, -0.25) is 9.89 Å². The molecule has 3 rings (SSSR count). The zero-order valence-electron chi connectivity index (χ0n) is 16.7. The van der Waals surface area contributed by atoms with Gasteiger partial charge in [0.15, 0.2) is 5.96 Å². The average molecular weight is 530 g/mol. The molecule has 0 bridgehead atoms. The van der Waals surface area contributed by atoms with Crippen LogP contribution in [0.2, 0.25) is 5.02 Å². The number of hydrogen-bond acceptors (Lipinski definition) is 4. The van der Waals surface area contributed by atoms with E-state index >= 15 is 0 Å². The van der Waals surface area contributed by atoms with Crippen molar-refractivity contribution in [2.75, 3.05) is 56.6 Å². The van der Waals surface area contributed by atoms with E-state index in [0.29, 0.717) is 12.5 Å². The molecular weight excluding hydrogens is 501 g/mol. The van der Waals surface area contributed by atoms with Crippen molar-refractivity contribution in [1.29, 1.82) is 0 Å². The molecule has 0 radical (unpaired) electrons. The fraction of sp³-hybridized carbons (Fsp3) is 0.381. The summed E-state index contributed by atoms with van der Waals surface area (Å²) in [5.41, 5.74) is 8.05. The molecular formula is C21H29ClIN5O. The Morgan fingerprint density at radius 1 is 1.14 bits per heavy atom. The van der Waals surface area contributed by atoms with Gasteiger partial charge in [-0.05, 0) is 36.8 Å². The first-order chi connectivity index (χ1) is 13.6. The van der Waals surface area contributed by atoms with Crippen LogP contribution in [-0.4, -0.2) is 57.2 Å². The highest BCUT2D eigenvalue weighted by Crippen LogP contribution is 2.21. The first-order valence-electron chi connectivity index (χ1n) is 9.58. The van der Waals surface area contributed by atoms with E-state index in [1.165, 1.54) is 5.69 Å². The van der Waals surface area contributed by atoms with Gasteiger partial charge in [0.25, 0.3) is 0 Å². The summed E-state index contributed by atoms with van der Waals surface area (Å²) in [7, 11) is 1.64. The lowest BCUT2D eigenvalue weighted by molar-refractivity contribution is 0.256. The molecule has 8 heteroatoms. The smallest absolute Gasteiger partial charge is 0.193 e. The maximum Gasteiger partial charge on any atom is 0.193 e. The molecule has 0 amide bonds. The van der Waals surface area contributed by atoms with Gasteiger partial charge in [0.2, 0.25) is 0 Å². The van der Waals surface area contributed by atoms with Gasteiger partial charge in [0, 0.05) is 61.7 Å². The topological polar surface area (TPSA) is 66.1 Å². The molecule has 0 atom stereocenters. The van der Waals surface area contributed by atoms with Crippen LogP contribution in [0.1, 0.15) is 6.42 Å². The highest BCUT2D eigenvalue weighted by Gasteiger charge is 2.16. The fourth-order valence-electron chi connectivity index (χ4n) is 3.28. The van der Waals surface area contributed by atoms with Gasteiger partial charge < -0.3 is 20.7 Å². The molecule has 2 aromatic rings. The molecule has 1 aliphatic heterocycles. The number of piperazine rings is 1. The molecule has 29 heavy (non-hydrogen) atoms. The van der Waals surface area contributed by atoms with E-state index < -0.39 is 0 Å². The Balaban J connectivity index is 0.00000300. The molecule has 6 nitrogen and oxygen atoms in total. The van der Waals surface area contributed by atoms with Crippen LogP contribution in [0, 0.1) is 0 Å². The number of hydrogen-bond donors (Lipinski definition) is 2. The molecule has 1 aliphatic rings. The van der Waals surface area contributed by atoms with Gasteiger partial charge >= 0.3 is 0 Å². The Bertz CT molecular complexity index is 796. The first kappa shape index (κ1) is 23.6. The quantitative estimate of drug-likeness (QED) is 0.246. The SMILES string of the molecule is COc1cccc(NC(N)=NCCCN2CCN(c3cccc(Cl)c3)CC2)c1.I. The number of nitrogens with zero attached hydrogens (tertiary/aromatic N) is 3. The largest absolute Gasteiger partial charge is 0.497 e. The summed E-state index contributed by atoms with van der Waals surface area (Å²) >= 11 is 6.10. The van der Waals surface area contributed by atoms with E-state index in [1.807, 2.05) is 42.5 Å². The van der Waals surface area contributed by atoms with Gasteiger partial charge in [0.05, 0.1) is 7.11 Å². The lowest BCUT2D eigenvalue weighted by Crippen LogP contribution is -2.46. The summed E-state index contributed by atoms with van der Waals surface area (Å²) in [5, 5.41) is 3.89. The van der Waals surface area contributed by atoms with E-state index in [0.717, 1.165) is 55.6 Å². The summed E-state index contributed by atoms with van der Waals surface area (Å²) in [5.74, 6) is 1.22. The Morgan fingerprint density at radius 3 is 2.62 bits per heavy atom. The van der Waals surface area contributed by atoms with Gasteiger partial charge in [-0.15, -0.1) is 24.0 Å². The molecule has 3 N–H and O–H groups in total. The third-order valence-electron chi connectivity index (χ3n) is 4.80. The number of aliphatic imine (C=N–C) groups is 1. The van der Waals surface area contributed by atoms with Crippen LogP contribution in [-0.2, 0) is 0 Å². The standard InChI is InChI=1S/C21H28ClN5O.HI/c1-28-20-8-3-6-18(16-20)25-21(23)24-9-4-10-26-11-13-27(14-12-26)19-7-2-5-17(22)15-19;/h2-3,5-8,15-16H,4,9-14H2,1H3,(H3,23,24,25);1H. The van der Waals surface area contributed by atoms with E-state index in [1.54, 1.807) is 7.11 Å². The van der Waals surface area contributed by atoms with Crippen LogP contribution >= 0.6 is 35.6 Å². The third-order valence-corrected chi connectivity index (χ3v) is 5.04. The number of guanidine groups is 1. The molecule has 1 heterocycles. The molecule has 0 aromatic heterocycles. The number of nitrogens with one attached hydrogen (secondary N) is 1. The number of ether oxygens (including phenoxy) is 1. The van der Waals surface area contributed by atoms with E-state index in [9.17, 15) is 0 Å². The lowest BCUT2D eigenvalue weighted by atomic mass is 10.2. The summed E-state index contributed by atoms with van der Waals surface area (Å²) < 4.78 is 5.21. The van der Waals surface area contributed by atoms with Crippen LogP contribution < -0.4 is 20.7 Å². The van der Waals surface area contributed by atoms with E-state index in [2.05, 4.69) is 26.2 Å². The minimum absolute atomic E-state index is 0. The molecule has 1 fully saturated rings. The fourth-order valence-corrected chi connectivity index (χ4v) is 3.47. The molecule has 158 valence electrons. The highest BCUT2D eigenvalue weighted by molar-refractivity contribution is 14.0. The summed E-state index contributed by atoms with van der Waals surface area (Å²) in [6.07, 6.45) is 0.984. The van der Waals surface area contributed by atoms with Crippen molar-refractivity contribution in [3.05, 3.63) is 53.6 Å². The monoisotopic (exact) mass is 529 g/mol. The minimum Gasteiger partial charge on any atom is -0.497 e. The van der Waals surface area contributed by atoms with Crippen molar-refractivity contribution in [2.45, 2.75) is 6.42 Å². The molecule has 0 unspecified atom stereocenters. The Labute approximate surface area is 195 Å². The first-order valence-corrected chi connectivity index (χ1v) is 9.96. The molecule has 0 saturated carbocycles. The molecule has 2 aromatic carbocycles. The predicted molar refractivity (Wildman–Crippen MR) is 133 cm³/mol. The number of rotatable bonds is 7. The van der Waals surface area contributed by atoms with Gasteiger partial charge in [-0.2, -0.15) is 0 Å². The third kappa shape index (κ3) is 7.56. The summed E-state index contributed by atoms with van der Waals surface area (Å²) in [6.45, 7) is 5.87. The zero-order valence-corrected chi connectivity index (χ0v) is 19.8. The summed E-state index contributed by atoms with van der Waals surface area (Å²) in [6, 6.07) is 15.7. The average Bonchev–Trinajstić information content (AvgIpc) is 2.72. The maximum atomic E-state index is 6.10. The van der Waals surface area contributed by atoms with Gasteiger partial charge in [0.1, 0.15) is 5.75 Å². The van der Waals surface area contributed by atoms with Crippen molar-refractivity contribution in [2.24, 2.45) is 10.7 Å². The van der Waals surface area contributed by atoms with Crippen molar-refractivity contribution in [3.8, 4) is 5.75 Å². The maximum absolute atomic E-state index is 6.10. The van der Waals surface area contributed by atoms with Crippen molar-refractivity contribution in [3.63, 3.8) is 0 Å². The highest BCUT2D eigenvalue weighted by atomic mass is 127. The Morgan fingerprint density at radius 2 is 1.90 bits per heavy atom. The van der Waals surface area contributed by atoms with Crippen molar-refractivity contribution < 1.29 is 4.74 Å². The number of nitrogens with two attached hydrogens (primary N) is 1. The van der Waals surface area contributed by atoms with Gasteiger partial charge in [-0.25, -0.2) is 0 Å². The summed E-state index contributed by atoms with van der Waals surface area (Å²) in [4.78, 5) is 9.28. The predicted octanol–water partition coefficient (Wildman–Crippen LogP) is 3.91. The zero-order chi connectivity index (χ0) is 19.8.